The summed E-state index contributed by atoms with van der Waals surface area (Å²) in [6.07, 6.45) is 0.890. The molecule has 1 aliphatic heterocycles. The Morgan fingerprint density at radius 2 is 1.83 bits per heavy atom. The lowest BCUT2D eigenvalue weighted by Gasteiger charge is -2.35. The Hall–Kier alpha value is -2.49. The Bertz CT molecular complexity index is 699. The summed E-state index contributed by atoms with van der Waals surface area (Å²) in [7, 11) is 1.59. The Labute approximate surface area is 136 Å². The summed E-state index contributed by atoms with van der Waals surface area (Å²) in [4.78, 5) is 14.4. The SMILES string of the molecule is COc1ccccc1OCC(=O)N1CCc2ccccc2C1C. The van der Waals surface area contributed by atoms with Crippen LogP contribution in [0.4, 0.5) is 0 Å². The molecule has 2 aromatic rings. The van der Waals surface area contributed by atoms with Gasteiger partial charge in [0, 0.05) is 6.54 Å². The van der Waals surface area contributed by atoms with E-state index >= 15 is 0 Å². The molecule has 1 heterocycles. The van der Waals surface area contributed by atoms with Gasteiger partial charge in [-0.25, -0.2) is 0 Å². The van der Waals surface area contributed by atoms with Gasteiger partial charge in [0.15, 0.2) is 18.1 Å². The topological polar surface area (TPSA) is 38.8 Å². The number of fused-ring (bicyclic) bond motifs is 1. The van der Waals surface area contributed by atoms with Crippen molar-refractivity contribution in [2.45, 2.75) is 19.4 Å². The number of methoxy groups -OCH3 is 1. The van der Waals surface area contributed by atoms with Crippen molar-refractivity contribution in [2.75, 3.05) is 20.3 Å². The fraction of sp³-hybridized carbons (Fsp3) is 0.316. The zero-order chi connectivity index (χ0) is 16.2. The first kappa shape index (κ1) is 15.4. The highest BCUT2D eigenvalue weighted by Gasteiger charge is 2.27. The van der Waals surface area contributed by atoms with Gasteiger partial charge in [0.05, 0.1) is 13.2 Å². The van der Waals surface area contributed by atoms with Crippen LogP contribution in [0, 0.1) is 0 Å². The van der Waals surface area contributed by atoms with E-state index in [0.717, 1.165) is 13.0 Å². The van der Waals surface area contributed by atoms with Crippen molar-refractivity contribution in [2.24, 2.45) is 0 Å². The molecule has 120 valence electrons. The van der Waals surface area contributed by atoms with E-state index in [-0.39, 0.29) is 18.6 Å². The third kappa shape index (κ3) is 3.16. The van der Waals surface area contributed by atoms with Crippen LogP contribution in [0.5, 0.6) is 11.5 Å². The van der Waals surface area contributed by atoms with Gasteiger partial charge in [-0.15, -0.1) is 0 Å². The Morgan fingerprint density at radius 1 is 1.13 bits per heavy atom. The van der Waals surface area contributed by atoms with Crippen molar-refractivity contribution in [3.8, 4) is 11.5 Å². The summed E-state index contributed by atoms with van der Waals surface area (Å²) in [5, 5.41) is 0. The number of para-hydroxylation sites is 2. The molecule has 1 aliphatic rings. The predicted octanol–water partition coefficient (Wildman–Crippen LogP) is 3.22. The number of nitrogens with zero attached hydrogens (tertiary/aromatic N) is 1. The van der Waals surface area contributed by atoms with Crippen LogP contribution in [-0.4, -0.2) is 31.1 Å². The van der Waals surface area contributed by atoms with Crippen LogP contribution in [0.3, 0.4) is 0 Å². The first-order chi connectivity index (χ1) is 11.2. The second-order valence-electron chi connectivity index (χ2n) is 5.65. The molecule has 0 N–H and O–H groups in total. The van der Waals surface area contributed by atoms with E-state index in [2.05, 4.69) is 19.1 Å². The van der Waals surface area contributed by atoms with E-state index in [1.807, 2.05) is 35.2 Å². The molecule has 23 heavy (non-hydrogen) atoms. The van der Waals surface area contributed by atoms with Gasteiger partial charge in [0.25, 0.3) is 5.91 Å². The van der Waals surface area contributed by atoms with E-state index in [0.29, 0.717) is 11.5 Å². The molecule has 3 rings (SSSR count). The second kappa shape index (κ2) is 6.73. The maximum atomic E-state index is 12.6. The van der Waals surface area contributed by atoms with Crippen molar-refractivity contribution in [3.05, 3.63) is 59.7 Å². The predicted molar refractivity (Wildman–Crippen MR) is 88.8 cm³/mol. The lowest BCUT2D eigenvalue weighted by molar-refractivity contribution is -0.136. The highest BCUT2D eigenvalue weighted by Crippen LogP contribution is 2.30. The van der Waals surface area contributed by atoms with Crippen LogP contribution >= 0.6 is 0 Å². The Morgan fingerprint density at radius 3 is 2.61 bits per heavy atom. The fourth-order valence-corrected chi connectivity index (χ4v) is 3.07. The van der Waals surface area contributed by atoms with Crippen molar-refractivity contribution in [3.63, 3.8) is 0 Å². The molecule has 0 saturated heterocycles. The number of carbonyl (C=O) groups excluding carboxylic acids is 1. The molecule has 0 aromatic heterocycles. The van der Waals surface area contributed by atoms with Crippen LogP contribution in [0.15, 0.2) is 48.5 Å². The molecule has 2 aromatic carbocycles. The minimum absolute atomic E-state index is 0.00194. The van der Waals surface area contributed by atoms with E-state index in [4.69, 9.17) is 9.47 Å². The zero-order valence-corrected chi connectivity index (χ0v) is 13.5. The quantitative estimate of drug-likeness (QED) is 0.870. The van der Waals surface area contributed by atoms with Crippen molar-refractivity contribution < 1.29 is 14.3 Å². The van der Waals surface area contributed by atoms with Crippen molar-refractivity contribution in [1.82, 2.24) is 4.90 Å². The molecule has 4 heteroatoms. The summed E-state index contributed by atoms with van der Waals surface area (Å²) in [6.45, 7) is 2.82. The molecule has 0 saturated carbocycles. The molecule has 0 spiro atoms. The maximum Gasteiger partial charge on any atom is 0.261 e. The number of hydrogen-bond donors (Lipinski definition) is 0. The largest absolute Gasteiger partial charge is 0.493 e. The van der Waals surface area contributed by atoms with Gasteiger partial charge >= 0.3 is 0 Å². The number of carbonyl (C=O) groups is 1. The Kier molecular flexibility index (Phi) is 4.51. The van der Waals surface area contributed by atoms with Gasteiger partial charge in [0.1, 0.15) is 0 Å². The lowest BCUT2D eigenvalue weighted by atomic mass is 9.93. The highest BCUT2D eigenvalue weighted by atomic mass is 16.5. The van der Waals surface area contributed by atoms with Gasteiger partial charge in [-0.05, 0) is 36.6 Å². The number of ether oxygens (including phenoxy) is 2. The first-order valence-corrected chi connectivity index (χ1v) is 7.84. The molecule has 1 amide bonds. The van der Waals surface area contributed by atoms with Crippen molar-refractivity contribution in [1.29, 1.82) is 0 Å². The molecule has 0 bridgehead atoms. The number of hydrogen-bond acceptors (Lipinski definition) is 3. The zero-order valence-electron chi connectivity index (χ0n) is 13.5. The van der Waals surface area contributed by atoms with Crippen LogP contribution in [0.25, 0.3) is 0 Å². The number of rotatable bonds is 4. The Balaban J connectivity index is 1.67. The van der Waals surface area contributed by atoms with E-state index in [9.17, 15) is 4.79 Å². The van der Waals surface area contributed by atoms with Gasteiger partial charge < -0.3 is 14.4 Å². The monoisotopic (exact) mass is 311 g/mol. The summed E-state index contributed by atoms with van der Waals surface area (Å²) in [5.41, 5.74) is 2.55. The molecular formula is C19H21NO3. The lowest BCUT2D eigenvalue weighted by Crippen LogP contribution is -2.41. The summed E-state index contributed by atoms with van der Waals surface area (Å²) in [6, 6.07) is 15.7. The van der Waals surface area contributed by atoms with Crippen molar-refractivity contribution >= 4 is 5.91 Å². The average molecular weight is 311 g/mol. The minimum atomic E-state index is -0.00194. The van der Waals surface area contributed by atoms with Crippen LogP contribution in [-0.2, 0) is 11.2 Å². The highest BCUT2D eigenvalue weighted by molar-refractivity contribution is 5.78. The smallest absolute Gasteiger partial charge is 0.261 e. The third-order valence-electron chi connectivity index (χ3n) is 4.34. The maximum absolute atomic E-state index is 12.6. The molecule has 1 unspecified atom stereocenters. The molecular weight excluding hydrogens is 290 g/mol. The van der Waals surface area contributed by atoms with Gasteiger partial charge in [-0.1, -0.05) is 36.4 Å². The summed E-state index contributed by atoms with van der Waals surface area (Å²) < 4.78 is 10.9. The van der Waals surface area contributed by atoms with Crippen LogP contribution < -0.4 is 9.47 Å². The molecule has 4 nitrogen and oxygen atoms in total. The summed E-state index contributed by atoms with van der Waals surface area (Å²) >= 11 is 0. The van der Waals surface area contributed by atoms with E-state index in [1.54, 1.807) is 13.2 Å². The van der Waals surface area contributed by atoms with E-state index < -0.39 is 0 Å². The normalized spacial score (nSPS) is 16.6. The van der Waals surface area contributed by atoms with Crippen LogP contribution in [0.1, 0.15) is 24.1 Å². The van der Waals surface area contributed by atoms with Crippen LogP contribution in [0.2, 0.25) is 0 Å². The van der Waals surface area contributed by atoms with Gasteiger partial charge in [0.2, 0.25) is 0 Å². The van der Waals surface area contributed by atoms with E-state index in [1.165, 1.54) is 11.1 Å². The summed E-state index contributed by atoms with van der Waals surface area (Å²) in [5.74, 6) is 1.23. The standard InChI is InChI=1S/C19H21NO3/c1-14-16-8-4-3-7-15(16)11-12-20(14)19(21)13-23-18-10-6-5-9-17(18)22-2/h3-10,14H,11-13H2,1-2H3. The molecule has 0 radical (unpaired) electrons. The first-order valence-electron chi connectivity index (χ1n) is 7.84. The van der Waals surface area contributed by atoms with Gasteiger partial charge in [-0.3, -0.25) is 4.79 Å². The molecule has 0 aliphatic carbocycles. The second-order valence-corrected chi connectivity index (χ2v) is 5.65. The minimum Gasteiger partial charge on any atom is -0.493 e. The van der Waals surface area contributed by atoms with Gasteiger partial charge in [-0.2, -0.15) is 0 Å². The average Bonchev–Trinajstić information content (AvgIpc) is 2.60. The number of amides is 1. The third-order valence-corrected chi connectivity index (χ3v) is 4.34. The molecule has 0 fully saturated rings. The molecule has 1 atom stereocenters. The fourth-order valence-electron chi connectivity index (χ4n) is 3.07. The number of benzene rings is 2.